The molecule has 2 fully saturated rings. The van der Waals surface area contributed by atoms with Crippen molar-refractivity contribution < 1.29 is 13.6 Å². The highest BCUT2D eigenvalue weighted by Gasteiger charge is 2.48. The van der Waals surface area contributed by atoms with Crippen molar-refractivity contribution in [2.75, 3.05) is 20.1 Å². The monoisotopic (exact) mass is 445 g/mol. The molecule has 0 spiro atoms. The van der Waals surface area contributed by atoms with Crippen LogP contribution in [0.25, 0.3) is 0 Å². The number of carbonyl (C=O) groups excluding carboxylic acids is 1. The van der Waals surface area contributed by atoms with Crippen LogP contribution in [-0.4, -0.2) is 65.3 Å². The molecule has 2 N–H and O–H groups in total. The number of aromatic nitrogens is 2. The van der Waals surface area contributed by atoms with Crippen LogP contribution < -0.4 is 10.6 Å². The molecule has 0 aromatic carbocycles. The highest BCUT2D eigenvalue weighted by atomic mass is 19.3. The molecule has 1 aliphatic heterocycles. The van der Waals surface area contributed by atoms with Gasteiger partial charge in [0, 0.05) is 51.3 Å². The summed E-state index contributed by atoms with van der Waals surface area (Å²) in [5.41, 5.74) is 0.222. The summed E-state index contributed by atoms with van der Waals surface area (Å²) in [7, 11) is 1.60. The quantitative estimate of drug-likeness (QED) is 0.390. The Balaban J connectivity index is 1.79. The zero-order chi connectivity index (χ0) is 23.4. The van der Waals surface area contributed by atoms with E-state index in [4.69, 9.17) is 5.26 Å². The minimum Gasteiger partial charge on any atom is -0.312 e. The number of amidine groups is 1. The second kappa shape index (κ2) is 9.35. The fourth-order valence-electron chi connectivity index (χ4n) is 3.46. The number of amides is 1. The van der Waals surface area contributed by atoms with Crippen LogP contribution in [0.2, 0.25) is 0 Å². The van der Waals surface area contributed by atoms with Gasteiger partial charge >= 0.3 is 0 Å². The number of carbonyl (C=O) groups is 1. The third-order valence-corrected chi connectivity index (χ3v) is 5.39. The zero-order valence-electron chi connectivity index (χ0n) is 17.9. The molecule has 1 saturated heterocycles. The molecule has 12 heteroatoms. The lowest BCUT2D eigenvalue weighted by Crippen LogP contribution is -2.60. The van der Waals surface area contributed by atoms with Gasteiger partial charge in [0.15, 0.2) is 5.84 Å². The molecule has 1 aromatic heterocycles. The van der Waals surface area contributed by atoms with Crippen LogP contribution in [0.15, 0.2) is 39.8 Å². The van der Waals surface area contributed by atoms with Gasteiger partial charge in [0.2, 0.25) is 17.8 Å². The summed E-state index contributed by atoms with van der Waals surface area (Å²) in [5.74, 6) is -3.89. The molecule has 1 aliphatic carbocycles. The number of allylic oxidation sites excluding steroid dienone is 1. The topological polar surface area (TPSA) is 123 Å². The Kier molecular flexibility index (Phi) is 6.78. The van der Waals surface area contributed by atoms with Gasteiger partial charge < -0.3 is 5.32 Å². The summed E-state index contributed by atoms with van der Waals surface area (Å²) in [6, 6.07) is 2.20. The Morgan fingerprint density at radius 2 is 2.25 bits per heavy atom. The number of nitrogens with one attached hydrogen (secondary N) is 2. The summed E-state index contributed by atoms with van der Waals surface area (Å²) in [4.78, 5) is 20.3. The van der Waals surface area contributed by atoms with E-state index in [1.165, 1.54) is 5.01 Å². The Hall–Kier alpha value is -3.46. The number of hydrogen-bond acceptors (Lipinski definition) is 6. The van der Waals surface area contributed by atoms with Crippen LogP contribution in [-0.2, 0) is 10.3 Å². The van der Waals surface area contributed by atoms with Gasteiger partial charge in [-0.15, -0.1) is 5.10 Å². The van der Waals surface area contributed by atoms with E-state index in [-0.39, 0.29) is 5.96 Å². The molecule has 10 nitrogen and oxygen atoms in total. The van der Waals surface area contributed by atoms with Crippen LogP contribution in [0.4, 0.5) is 8.78 Å². The maximum absolute atomic E-state index is 13.0. The average molecular weight is 445 g/mol. The lowest BCUT2D eigenvalue weighted by molar-refractivity contribution is -0.148. The molecule has 2 aliphatic rings. The Morgan fingerprint density at radius 3 is 2.78 bits per heavy atom. The van der Waals surface area contributed by atoms with Gasteiger partial charge in [-0.3, -0.25) is 14.8 Å². The first-order valence-corrected chi connectivity index (χ1v) is 10.0. The van der Waals surface area contributed by atoms with Crippen LogP contribution >= 0.6 is 0 Å². The Bertz CT molecular complexity index is 993. The number of nitriles is 1. The van der Waals surface area contributed by atoms with Gasteiger partial charge in [-0.05, 0) is 13.6 Å². The van der Waals surface area contributed by atoms with Crippen molar-refractivity contribution in [3.05, 3.63) is 30.2 Å². The number of alkyl halides is 2. The normalized spacial score (nSPS) is 20.2. The van der Waals surface area contributed by atoms with Gasteiger partial charge in [0.25, 0.3) is 0 Å². The van der Waals surface area contributed by atoms with E-state index in [0.717, 1.165) is 0 Å². The van der Waals surface area contributed by atoms with Crippen molar-refractivity contribution in [3.8, 4) is 6.07 Å². The summed E-state index contributed by atoms with van der Waals surface area (Å²) in [5, 5.41) is 24.8. The maximum atomic E-state index is 13.0. The molecule has 32 heavy (non-hydrogen) atoms. The van der Waals surface area contributed by atoms with E-state index in [1.54, 1.807) is 43.3 Å². The van der Waals surface area contributed by atoms with Gasteiger partial charge in [-0.2, -0.15) is 10.4 Å². The second-order valence-corrected chi connectivity index (χ2v) is 7.83. The third-order valence-electron chi connectivity index (χ3n) is 5.39. The Labute approximate surface area is 184 Å². The van der Waals surface area contributed by atoms with Crippen molar-refractivity contribution in [2.45, 2.75) is 37.6 Å². The van der Waals surface area contributed by atoms with E-state index in [0.29, 0.717) is 30.9 Å². The predicted octanol–water partition coefficient (Wildman–Crippen LogP) is 1.44. The summed E-state index contributed by atoms with van der Waals surface area (Å²) >= 11 is 0. The second-order valence-electron chi connectivity index (χ2n) is 7.83. The summed E-state index contributed by atoms with van der Waals surface area (Å²) in [6.07, 6.45) is 6.03. The first-order valence-electron chi connectivity index (χ1n) is 10.0. The third kappa shape index (κ3) is 4.88. The molecule has 0 atom stereocenters. The van der Waals surface area contributed by atoms with E-state index in [9.17, 15) is 13.6 Å². The number of aliphatic imine (C=N–C) groups is 2. The predicted molar refractivity (Wildman–Crippen MR) is 115 cm³/mol. The number of rotatable bonds is 6. The first-order chi connectivity index (χ1) is 15.2. The van der Waals surface area contributed by atoms with Crippen LogP contribution in [0.3, 0.4) is 0 Å². The summed E-state index contributed by atoms with van der Waals surface area (Å²) < 4.78 is 27.8. The molecular weight excluding hydrogens is 420 g/mol. The standard InChI is InChI=1S/C20H25F2N9O/c1-4-7-26-16(15-10-27-31(11-15)19(5-6-23)12-25-13-19)30(3)29-18(24-2)28-17(32)14-8-20(21,22)9-14/h4,7,10-11,14,25H,2,5,8-9,12-13H2,1,3H3,(H,28,29,32)/b7-4-,26-16?. The minimum absolute atomic E-state index is 0.127. The molecule has 0 radical (unpaired) electrons. The van der Waals surface area contributed by atoms with Crippen molar-refractivity contribution in [2.24, 2.45) is 21.0 Å². The van der Waals surface area contributed by atoms with Crippen molar-refractivity contribution in [3.63, 3.8) is 0 Å². The first kappa shape index (κ1) is 23.2. The number of hydrazone groups is 1. The van der Waals surface area contributed by atoms with Gasteiger partial charge in [0.1, 0.15) is 5.54 Å². The van der Waals surface area contributed by atoms with E-state index in [1.807, 2.05) is 0 Å². The van der Waals surface area contributed by atoms with Gasteiger partial charge in [-0.25, -0.2) is 23.8 Å². The molecule has 3 rings (SSSR count). The molecule has 0 unspecified atom stereocenters. The van der Waals surface area contributed by atoms with E-state index < -0.39 is 36.1 Å². The fourth-order valence-corrected chi connectivity index (χ4v) is 3.46. The number of nitrogens with zero attached hydrogens (tertiary/aromatic N) is 7. The van der Waals surface area contributed by atoms with Crippen LogP contribution in [0.5, 0.6) is 0 Å². The summed E-state index contributed by atoms with van der Waals surface area (Å²) in [6.45, 7) is 6.46. The molecular formula is C20H25F2N9O. The molecule has 2 heterocycles. The SMILES string of the molecule is C=N/C(=N\N(C)C(=N/C=C\C)c1cnn(C2(CC#N)CNC2)c1)NC(=O)C1CC(F)(F)C1. The smallest absolute Gasteiger partial charge is 0.249 e. The highest BCUT2D eigenvalue weighted by molar-refractivity contribution is 6.02. The zero-order valence-corrected chi connectivity index (χ0v) is 17.9. The van der Waals surface area contributed by atoms with Gasteiger partial charge in [-0.1, -0.05) is 6.08 Å². The highest BCUT2D eigenvalue weighted by Crippen LogP contribution is 2.42. The molecule has 170 valence electrons. The van der Waals surface area contributed by atoms with Crippen molar-refractivity contribution >= 4 is 24.4 Å². The fraction of sp³-hybridized carbons (Fsp3) is 0.500. The lowest BCUT2D eigenvalue weighted by Gasteiger charge is -2.41. The van der Waals surface area contributed by atoms with Crippen molar-refractivity contribution in [1.82, 2.24) is 25.4 Å². The average Bonchev–Trinajstić information content (AvgIpc) is 3.18. The van der Waals surface area contributed by atoms with Crippen molar-refractivity contribution in [1.29, 1.82) is 5.26 Å². The number of hydrogen-bond donors (Lipinski definition) is 2. The minimum atomic E-state index is -2.80. The maximum Gasteiger partial charge on any atom is 0.249 e. The molecule has 1 aromatic rings. The largest absolute Gasteiger partial charge is 0.312 e. The number of halogens is 2. The van der Waals surface area contributed by atoms with Crippen LogP contribution in [0, 0.1) is 17.2 Å². The van der Waals surface area contributed by atoms with Crippen LogP contribution in [0.1, 0.15) is 31.7 Å². The molecule has 1 saturated carbocycles. The van der Waals surface area contributed by atoms with E-state index >= 15 is 0 Å². The van der Waals surface area contributed by atoms with E-state index in [2.05, 4.69) is 43.6 Å². The van der Waals surface area contributed by atoms with Gasteiger partial charge in [0.05, 0.1) is 24.3 Å². The Morgan fingerprint density at radius 1 is 1.53 bits per heavy atom. The lowest BCUT2D eigenvalue weighted by atomic mass is 9.81. The molecule has 1 amide bonds. The number of guanidine groups is 1. The molecule has 0 bridgehead atoms.